The standard InChI is InChI=1S/C17H25N7O/c1-22-16(13-23-7-9-25-10-8-23)20-21-17(22)14-3-2-6-24(12-14)15-11-18-4-5-19-15/h4-5,11,14H,2-3,6-10,12-13H2,1H3/t14-/m1/s1. The SMILES string of the molecule is Cn1c(CN2CCOCC2)nnc1[C@@H]1CCCN(c2cnccn2)C1. The van der Waals surface area contributed by atoms with Gasteiger partial charge in [0, 0.05) is 51.5 Å². The van der Waals surface area contributed by atoms with Gasteiger partial charge >= 0.3 is 0 Å². The van der Waals surface area contributed by atoms with E-state index in [1.54, 1.807) is 12.4 Å². The highest BCUT2D eigenvalue weighted by Crippen LogP contribution is 2.28. The average molecular weight is 343 g/mol. The molecule has 0 bridgehead atoms. The molecular formula is C17H25N7O. The van der Waals surface area contributed by atoms with Gasteiger partial charge in [-0.05, 0) is 12.8 Å². The summed E-state index contributed by atoms with van der Waals surface area (Å²) in [6, 6.07) is 0. The van der Waals surface area contributed by atoms with Crippen LogP contribution in [0.3, 0.4) is 0 Å². The highest BCUT2D eigenvalue weighted by molar-refractivity contribution is 5.36. The maximum atomic E-state index is 5.42. The van der Waals surface area contributed by atoms with Crippen molar-refractivity contribution in [3.8, 4) is 0 Å². The first-order valence-corrected chi connectivity index (χ1v) is 9.00. The fraction of sp³-hybridized carbons (Fsp3) is 0.647. The van der Waals surface area contributed by atoms with Crippen molar-refractivity contribution in [1.82, 2.24) is 29.6 Å². The van der Waals surface area contributed by atoms with E-state index < -0.39 is 0 Å². The van der Waals surface area contributed by atoms with Crippen molar-refractivity contribution < 1.29 is 4.74 Å². The van der Waals surface area contributed by atoms with Gasteiger partial charge < -0.3 is 14.2 Å². The van der Waals surface area contributed by atoms with Crippen molar-refractivity contribution >= 4 is 5.82 Å². The third-order valence-electron chi connectivity index (χ3n) is 5.13. The first kappa shape index (κ1) is 16.4. The van der Waals surface area contributed by atoms with Crippen LogP contribution in [0.15, 0.2) is 18.6 Å². The summed E-state index contributed by atoms with van der Waals surface area (Å²) in [6.07, 6.45) is 7.57. The molecule has 4 heterocycles. The molecule has 2 aromatic rings. The molecule has 0 amide bonds. The second-order valence-electron chi connectivity index (χ2n) is 6.77. The van der Waals surface area contributed by atoms with Crippen LogP contribution in [0.25, 0.3) is 0 Å². The van der Waals surface area contributed by atoms with E-state index in [4.69, 9.17) is 4.74 Å². The van der Waals surface area contributed by atoms with Crippen molar-refractivity contribution in [2.75, 3.05) is 44.3 Å². The molecule has 134 valence electrons. The van der Waals surface area contributed by atoms with E-state index in [0.717, 1.165) is 76.2 Å². The highest BCUT2D eigenvalue weighted by Gasteiger charge is 2.27. The number of ether oxygens (including phenoxy) is 1. The number of hydrogen-bond donors (Lipinski definition) is 0. The average Bonchev–Trinajstić information content (AvgIpc) is 3.04. The number of rotatable bonds is 4. The molecule has 8 heteroatoms. The third-order valence-corrected chi connectivity index (χ3v) is 5.13. The largest absolute Gasteiger partial charge is 0.379 e. The molecule has 0 spiro atoms. The number of hydrogen-bond acceptors (Lipinski definition) is 7. The first-order chi connectivity index (χ1) is 12.3. The van der Waals surface area contributed by atoms with Crippen molar-refractivity contribution in [2.24, 2.45) is 7.05 Å². The van der Waals surface area contributed by atoms with Crippen molar-refractivity contribution in [2.45, 2.75) is 25.3 Å². The van der Waals surface area contributed by atoms with E-state index in [9.17, 15) is 0 Å². The van der Waals surface area contributed by atoms with E-state index in [2.05, 4.69) is 41.6 Å². The van der Waals surface area contributed by atoms with Gasteiger partial charge in [-0.2, -0.15) is 0 Å². The molecular weight excluding hydrogens is 318 g/mol. The quantitative estimate of drug-likeness (QED) is 0.814. The second kappa shape index (κ2) is 7.45. The molecule has 0 N–H and O–H groups in total. The molecule has 8 nitrogen and oxygen atoms in total. The molecule has 2 aromatic heterocycles. The number of nitrogens with zero attached hydrogens (tertiary/aromatic N) is 7. The van der Waals surface area contributed by atoms with Crippen LogP contribution in [-0.4, -0.2) is 69.0 Å². The topological polar surface area (TPSA) is 72.2 Å². The molecule has 2 saturated heterocycles. The third kappa shape index (κ3) is 3.64. The molecule has 2 aliphatic heterocycles. The minimum absolute atomic E-state index is 0.381. The lowest BCUT2D eigenvalue weighted by molar-refractivity contribution is 0.0326. The molecule has 0 unspecified atom stereocenters. The molecule has 25 heavy (non-hydrogen) atoms. The van der Waals surface area contributed by atoms with Crippen LogP contribution < -0.4 is 4.90 Å². The van der Waals surface area contributed by atoms with Gasteiger partial charge in [0.2, 0.25) is 0 Å². The Labute approximate surface area is 147 Å². The summed E-state index contributed by atoms with van der Waals surface area (Å²) in [5, 5.41) is 8.99. The Kier molecular flexibility index (Phi) is 4.89. The molecule has 0 aromatic carbocycles. The van der Waals surface area contributed by atoms with Crippen molar-refractivity contribution in [1.29, 1.82) is 0 Å². The Balaban J connectivity index is 1.46. The number of aromatic nitrogens is 5. The summed E-state index contributed by atoms with van der Waals surface area (Å²) in [5.74, 6) is 3.44. The fourth-order valence-electron chi connectivity index (χ4n) is 3.68. The Bertz CT molecular complexity index is 684. The van der Waals surface area contributed by atoms with Gasteiger partial charge in [-0.25, -0.2) is 4.98 Å². The second-order valence-corrected chi connectivity index (χ2v) is 6.77. The Morgan fingerprint density at radius 1 is 1.16 bits per heavy atom. The first-order valence-electron chi connectivity index (χ1n) is 9.00. The number of anilines is 1. The van der Waals surface area contributed by atoms with Gasteiger partial charge in [0.05, 0.1) is 26.0 Å². The lowest BCUT2D eigenvalue weighted by atomic mass is 9.97. The zero-order valence-electron chi connectivity index (χ0n) is 14.7. The summed E-state index contributed by atoms with van der Waals surface area (Å²) in [6.45, 7) is 6.32. The van der Waals surface area contributed by atoms with Gasteiger partial charge in [-0.3, -0.25) is 9.88 Å². The predicted octanol–water partition coefficient (Wildman–Crippen LogP) is 0.821. The van der Waals surface area contributed by atoms with Crippen LogP contribution in [0.1, 0.15) is 30.4 Å². The van der Waals surface area contributed by atoms with Gasteiger partial charge in [0.1, 0.15) is 17.5 Å². The highest BCUT2D eigenvalue weighted by atomic mass is 16.5. The zero-order valence-corrected chi connectivity index (χ0v) is 14.7. The van der Waals surface area contributed by atoms with E-state index in [-0.39, 0.29) is 0 Å². The zero-order chi connectivity index (χ0) is 17.1. The minimum Gasteiger partial charge on any atom is -0.379 e. The van der Waals surface area contributed by atoms with Crippen LogP contribution >= 0.6 is 0 Å². The Morgan fingerprint density at radius 3 is 2.84 bits per heavy atom. The van der Waals surface area contributed by atoms with Crippen LogP contribution in [0.4, 0.5) is 5.82 Å². The van der Waals surface area contributed by atoms with Gasteiger partial charge in [-0.1, -0.05) is 0 Å². The van der Waals surface area contributed by atoms with Crippen LogP contribution in [0.5, 0.6) is 0 Å². The van der Waals surface area contributed by atoms with Crippen LogP contribution in [-0.2, 0) is 18.3 Å². The monoisotopic (exact) mass is 343 g/mol. The van der Waals surface area contributed by atoms with Gasteiger partial charge in [0.15, 0.2) is 0 Å². The van der Waals surface area contributed by atoms with E-state index in [1.165, 1.54) is 0 Å². The Morgan fingerprint density at radius 2 is 2.04 bits per heavy atom. The van der Waals surface area contributed by atoms with Crippen LogP contribution in [0, 0.1) is 0 Å². The molecule has 2 fully saturated rings. The van der Waals surface area contributed by atoms with Crippen molar-refractivity contribution in [3.63, 3.8) is 0 Å². The van der Waals surface area contributed by atoms with E-state index >= 15 is 0 Å². The van der Waals surface area contributed by atoms with Gasteiger partial charge in [0.25, 0.3) is 0 Å². The molecule has 0 radical (unpaired) electrons. The predicted molar refractivity (Wildman–Crippen MR) is 93.3 cm³/mol. The molecule has 2 aliphatic rings. The molecule has 4 rings (SSSR count). The fourth-order valence-corrected chi connectivity index (χ4v) is 3.68. The van der Waals surface area contributed by atoms with Crippen LogP contribution in [0.2, 0.25) is 0 Å². The summed E-state index contributed by atoms with van der Waals surface area (Å²) in [7, 11) is 2.09. The molecule has 0 aliphatic carbocycles. The molecule has 1 atom stereocenters. The van der Waals surface area contributed by atoms with Gasteiger partial charge in [-0.15, -0.1) is 10.2 Å². The Hall–Kier alpha value is -2.06. The summed E-state index contributed by atoms with van der Waals surface area (Å²) < 4.78 is 7.60. The summed E-state index contributed by atoms with van der Waals surface area (Å²) >= 11 is 0. The van der Waals surface area contributed by atoms with E-state index in [1.807, 2.05) is 6.20 Å². The minimum atomic E-state index is 0.381. The maximum Gasteiger partial charge on any atom is 0.147 e. The number of piperidine rings is 1. The van der Waals surface area contributed by atoms with Crippen molar-refractivity contribution in [3.05, 3.63) is 30.2 Å². The van der Waals surface area contributed by atoms with E-state index in [0.29, 0.717) is 5.92 Å². The smallest absolute Gasteiger partial charge is 0.147 e. The maximum absolute atomic E-state index is 5.42. The molecule has 0 saturated carbocycles. The summed E-state index contributed by atoms with van der Waals surface area (Å²) in [5.41, 5.74) is 0. The number of morpholine rings is 1. The lowest BCUT2D eigenvalue weighted by Crippen LogP contribution is -2.37. The normalized spacial score (nSPS) is 22.3. The lowest BCUT2D eigenvalue weighted by Gasteiger charge is -2.32. The summed E-state index contributed by atoms with van der Waals surface area (Å²) in [4.78, 5) is 13.3.